The molecule has 0 N–H and O–H groups in total. The zero-order valence-corrected chi connectivity index (χ0v) is 18.9. The second-order valence-electron chi connectivity index (χ2n) is 7.90. The monoisotopic (exact) mass is 454 g/mol. The summed E-state index contributed by atoms with van der Waals surface area (Å²) in [6, 6.07) is 7.81. The molecule has 29 heavy (non-hydrogen) atoms. The first-order valence-corrected chi connectivity index (χ1v) is 11.2. The molecular weight excluding hydrogens is 428 g/mol. The SMILES string of the molecule is CCn1c(C)cc(C=Nn2c(C3CCCCC3)nc3ccc(Br)cc3c2=O)c1C. The van der Waals surface area contributed by atoms with Gasteiger partial charge in [0.15, 0.2) is 0 Å². The minimum Gasteiger partial charge on any atom is -0.349 e. The van der Waals surface area contributed by atoms with Gasteiger partial charge in [-0.2, -0.15) is 9.78 Å². The summed E-state index contributed by atoms with van der Waals surface area (Å²) in [6.07, 6.45) is 7.56. The molecule has 4 rings (SSSR count). The third-order valence-corrected chi connectivity index (χ3v) is 6.54. The second-order valence-corrected chi connectivity index (χ2v) is 8.81. The van der Waals surface area contributed by atoms with Gasteiger partial charge in [-0.1, -0.05) is 35.2 Å². The van der Waals surface area contributed by atoms with Gasteiger partial charge in [-0.25, -0.2) is 4.98 Å². The lowest BCUT2D eigenvalue weighted by Gasteiger charge is -2.22. The van der Waals surface area contributed by atoms with Crippen LogP contribution in [0, 0.1) is 13.8 Å². The minimum absolute atomic E-state index is 0.0996. The molecule has 0 saturated heterocycles. The molecule has 0 bridgehead atoms. The van der Waals surface area contributed by atoms with Crippen LogP contribution in [0.4, 0.5) is 0 Å². The van der Waals surface area contributed by atoms with Crippen molar-refractivity contribution in [3.63, 3.8) is 0 Å². The van der Waals surface area contributed by atoms with E-state index in [1.807, 2.05) is 24.4 Å². The smallest absolute Gasteiger partial charge is 0.282 e. The van der Waals surface area contributed by atoms with E-state index in [4.69, 9.17) is 4.98 Å². The van der Waals surface area contributed by atoms with Gasteiger partial charge < -0.3 is 4.57 Å². The third-order valence-electron chi connectivity index (χ3n) is 6.05. The van der Waals surface area contributed by atoms with Crippen LogP contribution in [-0.4, -0.2) is 20.4 Å². The molecule has 2 heterocycles. The molecule has 152 valence electrons. The van der Waals surface area contributed by atoms with Gasteiger partial charge in [0.25, 0.3) is 5.56 Å². The van der Waals surface area contributed by atoms with E-state index in [1.165, 1.54) is 25.0 Å². The highest BCUT2D eigenvalue weighted by molar-refractivity contribution is 9.10. The van der Waals surface area contributed by atoms with Crippen LogP contribution in [-0.2, 0) is 6.54 Å². The highest BCUT2D eigenvalue weighted by atomic mass is 79.9. The Balaban J connectivity index is 1.87. The van der Waals surface area contributed by atoms with E-state index in [-0.39, 0.29) is 11.5 Å². The lowest BCUT2D eigenvalue weighted by atomic mass is 9.88. The maximum atomic E-state index is 13.4. The molecule has 0 unspecified atom stereocenters. The molecule has 3 aromatic rings. The normalized spacial score (nSPS) is 15.6. The largest absolute Gasteiger partial charge is 0.349 e. The van der Waals surface area contributed by atoms with Crippen LogP contribution in [0.1, 0.15) is 67.7 Å². The van der Waals surface area contributed by atoms with Crippen molar-refractivity contribution >= 4 is 33.0 Å². The van der Waals surface area contributed by atoms with Crippen LogP contribution in [0.2, 0.25) is 0 Å². The average molecular weight is 455 g/mol. The summed E-state index contributed by atoms with van der Waals surface area (Å²) in [6.45, 7) is 7.25. The van der Waals surface area contributed by atoms with E-state index in [0.717, 1.165) is 46.5 Å². The van der Waals surface area contributed by atoms with E-state index in [1.54, 1.807) is 4.68 Å². The van der Waals surface area contributed by atoms with Gasteiger partial charge >= 0.3 is 0 Å². The predicted octanol–water partition coefficient (Wildman–Crippen LogP) is 5.53. The zero-order chi connectivity index (χ0) is 20.5. The summed E-state index contributed by atoms with van der Waals surface area (Å²) in [4.78, 5) is 18.3. The fraction of sp³-hybridized carbons (Fsp3) is 0.435. The molecule has 0 spiro atoms. The topological polar surface area (TPSA) is 52.2 Å². The number of aromatic nitrogens is 3. The second kappa shape index (κ2) is 8.27. The first-order valence-electron chi connectivity index (χ1n) is 10.4. The van der Waals surface area contributed by atoms with Crippen molar-refractivity contribution in [2.45, 2.75) is 65.3 Å². The number of rotatable bonds is 4. The van der Waals surface area contributed by atoms with E-state index >= 15 is 0 Å². The molecule has 0 amide bonds. The molecule has 0 atom stereocenters. The van der Waals surface area contributed by atoms with Crippen molar-refractivity contribution < 1.29 is 0 Å². The lowest BCUT2D eigenvalue weighted by molar-refractivity contribution is 0.416. The Kier molecular flexibility index (Phi) is 5.72. The Bertz CT molecular complexity index is 1140. The van der Waals surface area contributed by atoms with Crippen LogP contribution in [0.15, 0.2) is 38.6 Å². The lowest BCUT2D eigenvalue weighted by Crippen LogP contribution is -2.25. The summed E-state index contributed by atoms with van der Waals surface area (Å²) >= 11 is 3.47. The number of nitrogens with zero attached hydrogens (tertiary/aromatic N) is 4. The summed E-state index contributed by atoms with van der Waals surface area (Å²) in [7, 11) is 0. The molecule has 0 radical (unpaired) electrons. The van der Waals surface area contributed by atoms with Gasteiger partial charge in [0.05, 0.1) is 17.1 Å². The molecule has 2 aromatic heterocycles. The molecule has 6 heteroatoms. The highest BCUT2D eigenvalue weighted by Gasteiger charge is 2.22. The molecule has 0 aliphatic heterocycles. The standard InChI is InChI=1S/C23H27BrN4O/c1-4-27-15(2)12-18(16(27)3)14-25-28-22(17-8-6-5-7-9-17)26-21-11-10-19(24)13-20(21)23(28)29/h10-14,17H,4-9H2,1-3H3. The molecule has 1 aromatic carbocycles. The average Bonchev–Trinajstić information content (AvgIpc) is 3.00. The van der Waals surface area contributed by atoms with E-state index in [9.17, 15) is 4.79 Å². The molecule has 1 fully saturated rings. The minimum atomic E-state index is -0.0996. The van der Waals surface area contributed by atoms with Crippen molar-refractivity contribution in [2.24, 2.45) is 5.10 Å². The van der Waals surface area contributed by atoms with Crippen molar-refractivity contribution in [3.05, 3.63) is 61.9 Å². The predicted molar refractivity (Wildman–Crippen MR) is 122 cm³/mol. The van der Waals surface area contributed by atoms with Crippen molar-refractivity contribution in [3.8, 4) is 0 Å². The van der Waals surface area contributed by atoms with Crippen molar-refractivity contribution in [2.75, 3.05) is 0 Å². The highest BCUT2D eigenvalue weighted by Crippen LogP contribution is 2.32. The van der Waals surface area contributed by atoms with E-state index in [2.05, 4.69) is 52.4 Å². The van der Waals surface area contributed by atoms with Gasteiger partial charge in [-0.05, 0) is 57.9 Å². The Morgan fingerprint density at radius 1 is 1.21 bits per heavy atom. The maximum absolute atomic E-state index is 13.4. The molecule has 1 saturated carbocycles. The number of hydrogen-bond donors (Lipinski definition) is 0. The Labute approximate surface area is 179 Å². The first-order chi connectivity index (χ1) is 14.0. The molecule has 1 aliphatic carbocycles. The quantitative estimate of drug-likeness (QED) is 0.486. The molecular formula is C23H27BrN4O. The van der Waals surface area contributed by atoms with Gasteiger partial charge in [-0.3, -0.25) is 4.79 Å². The van der Waals surface area contributed by atoms with Crippen molar-refractivity contribution in [1.29, 1.82) is 0 Å². The van der Waals surface area contributed by atoms with Crippen molar-refractivity contribution in [1.82, 2.24) is 14.2 Å². The summed E-state index contributed by atoms with van der Waals surface area (Å²) in [5, 5.41) is 5.26. The maximum Gasteiger partial charge on any atom is 0.282 e. The summed E-state index contributed by atoms with van der Waals surface area (Å²) in [5.74, 6) is 1.08. The van der Waals surface area contributed by atoms with Gasteiger partial charge in [-0.15, -0.1) is 0 Å². The number of fused-ring (bicyclic) bond motifs is 1. The van der Waals surface area contributed by atoms with E-state index < -0.39 is 0 Å². The van der Waals surface area contributed by atoms with E-state index in [0.29, 0.717) is 5.39 Å². The number of halogens is 1. The van der Waals surface area contributed by atoms with Gasteiger partial charge in [0.1, 0.15) is 5.82 Å². The first kappa shape index (κ1) is 20.1. The van der Waals surface area contributed by atoms with Crippen LogP contribution < -0.4 is 5.56 Å². The van der Waals surface area contributed by atoms with Crippen LogP contribution >= 0.6 is 15.9 Å². The third kappa shape index (κ3) is 3.82. The van der Waals surface area contributed by atoms with Gasteiger partial charge in [0, 0.05) is 33.9 Å². The Morgan fingerprint density at radius 2 is 1.97 bits per heavy atom. The number of benzene rings is 1. The van der Waals surface area contributed by atoms with Crippen LogP contribution in [0.5, 0.6) is 0 Å². The molecule has 5 nitrogen and oxygen atoms in total. The van der Waals surface area contributed by atoms with Gasteiger partial charge in [0.2, 0.25) is 0 Å². The van der Waals surface area contributed by atoms with Crippen LogP contribution in [0.25, 0.3) is 10.9 Å². The van der Waals surface area contributed by atoms with Crippen LogP contribution in [0.3, 0.4) is 0 Å². The summed E-state index contributed by atoms with van der Waals surface area (Å²) < 4.78 is 4.67. The fourth-order valence-electron chi connectivity index (χ4n) is 4.47. The Hall–Kier alpha value is -2.21. The number of aryl methyl sites for hydroxylation is 1. The molecule has 1 aliphatic rings. The fourth-order valence-corrected chi connectivity index (χ4v) is 4.83. The number of hydrogen-bond acceptors (Lipinski definition) is 3. The summed E-state index contributed by atoms with van der Waals surface area (Å²) in [5.41, 5.74) is 4.05. The zero-order valence-electron chi connectivity index (χ0n) is 17.3. The Morgan fingerprint density at radius 3 is 2.66 bits per heavy atom.